The predicted molar refractivity (Wildman–Crippen MR) is 72.3 cm³/mol. The van der Waals surface area contributed by atoms with Gasteiger partial charge in [0.05, 0.1) is 11.6 Å². The van der Waals surface area contributed by atoms with Crippen LogP contribution in [0.5, 0.6) is 0 Å². The molecule has 2 heterocycles. The van der Waals surface area contributed by atoms with E-state index >= 15 is 0 Å². The molecule has 8 heteroatoms. The van der Waals surface area contributed by atoms with Crippen molar-refractivity contribution in [2.45, 2.75) is 24.8 Å². The van der Waals surface area contributed by atoms with Gasteiger partial charge in [-0.2, -0.15) is 0 Å². The Morgan fingerprint density at radius 3 is 2.85 bits per heavy atom. The van der Waals surface area contributed by atoms with Crippen LogP contribution in [0.2, 0.25) is 10.2 Å². The fraction of sp³-hybridized carbons (Fsp3) is 0.500. The van der Waals surface area contributed by atoms with Crippen LogP contribution >= 0.6 is 23.2 Å². The molecule has 0 radical (unpaired) electrons. The van der Waals surface area contributed by atoms with E-state index in [2.05, 4.69) is 4.98 Å². The smallest absolute Gasteiger partial charge is 0.274 e. The van der Waals surface area contributed by atoms with Gasteiger partial charge in [-0.15, -0.1) is 0 Å². The van der Waals surface area contributed by atoms with Crippen molar-refractivity contribution < 1.29 is 13.6 Å². The van der Waals surface area contributed by atoms with Gasteiger partial charge in [0.15, 0.2) is 0 Å². The summed E-state index contributed by atoms with van der Waals surface area (Å²) < 4.78 is 27.0. The molecular formula is C12H13Cl2F2N3O. The Morgan fingerprint density at radius 2 is 2.20 bits per heavy atom. The number of likely N-dealkylation sites (tertiary alicyclic amines) is 1. The van der Waals surface area contributed by atoms with Gasteiger partial charge in [0.2, 0.25) is 0 Å². The van der Waals surface area contributed by atoms with Gasteiger partial charge in [-0.25, -0.2) is 13.8 Å². The van der Waals surface area contributed by atoms with Gasteiger partial charge in [-0.1, -0.05) is 23.2 Å². The molecular weight excluding hydrogens is 311 g/mol. The largest absolute Gasteiger partial charge is 0.328 e. The first-order valence-corrected chi connectivity index (χ1v) is 6.80. The maximum Gasteiger partial charge on any atom is 0.274 e. The van der Waals surface area contributed by atoms with E-state index in [0.717, 1.165) is 4.90 Å². The second kappa shape index (κ2) is 5.79. The molecule has 1 aliphatic rings. The van der Waals surface area contributed by atoms with Crippen LogP contribution in [0.1, 0.15) is 23.3 Å². The first kappa shape index (κ1) is 15.4. The molecule has 2 rings (SSSR count). The van der Waals surface area contributed by atoms with E-state index in [0.29, 0.717) is 0 Å². The second-order valence-corrected chi connectivity index (χ2v) is 5.48. The highest BCUT2D eigenvalue weighted by atomic mass is 35.5. The standard InChI is InChI=1S/C12H13Cl2F2N3O/c13-8-1-2-9(14)18-10(8)11(20)19-6-12(15,16)4-3-7(19)5-17/h1-2,7H,3-6,17H2/t7-/m1/s1. The number of hydrogen-bond donors (Lipinski definition) is 1. The molecule has 0 unspecified atom stereocenters. The maximum atomic E-state index is 13.5. The van der Waals surface area contributed by atoms with Crippen molar-refractivity contribution >= 4 is 29.1 Å². The number of carbonyl (C=O) groups is 1. The van der Waals surface area contributed by atoms with Gasteiger partial charge in [0.25, 0.3) is 11.8 Å². The van der Waals surface area contributed by atoms with E-state index in [-0.39, 0.29) is 35.3 Å². The van der Waals surface area contributed by atoms with Gasteiger partial charge in [0, 0.05) is 19.0 Å². The topological polar surface area (TPSA) is 59.2 Å². The minimum absolute atomic E-state index is 0.0732. The monoisotopic (exact) mass is 323 g/mol. The van der Waals surface area contributed by atoms with Crippen LogP contribution in [-0.2, 0) is 0 Å². The lowest BCUT2D eigenvalue weighted by molar-refractivity contribution is -0.0708. The number of nitrogens with two attached hydrogens (primary N) is 1. The molecule has 0 aromatic carbocycles. The Bertz CT molecular complexity index is 527. The van der Waals surface area contributed by atoms with E-state index in [9.17, 15) is 13.6 Å². The lowest BCUT2D eigenvalue weighted by Crippen LogP contribution is -2.54. The van der Waals surface area contributed by atoms with Crippen molar-refractivity contribution in [2.75, 3.05) is 13.1 Å². The summed E-state index contributed by atoms with van der Waals surface area (Å²) in [5.41, 5.74) is 5.42. The van der Waals surface area contributed by atoms with Crippen molar-refractivity contribution in [3.05, 3.63) is 28.0 Å². The Hall–Kier alpha value is -0.980. The minimum Gasteiger partial charge on any atom is -0.328 e. The third-order valence-electron chi connectivity index (χ3n) is 3.23. The van der Waals surface area contributed by atoms with Gasteiger partial charge in [-0.05, 0) is 18.6 Å². The Balaban J connectivity index is 2.31. The number of pyridine rings is 1. The van der Waals surface area contributed by atoms with Crippen molar-refractivity contribution in [3.8, 4) is 0 Å². The number of nitrogens with zero attached hydrogens (tertiary/aromatic N) is 2. The van der Waals surface area contributed by atoms with Gasteiger partial charge in [-0.3, -0.25) is 4.79 Å². The summed E-state index contributed by atoms with van der Waals surface area (Å²) in [5.74, 6) is -3.60. The molecule has 0 aliphatic carbocycles. The molecule has 110 valence electrons. The van der Waals surface area contributed by atoms with E-state index in [1.807, 2.05) is 0 Å². The molecule has 1 aromatic rings. The average Bonchev–Trinajstić information content (AvgIpc) is 2.40. The van der Waals surface area contributed by atoms with Crippen LogP contribution in [0.15, 0.2) is 12.1 Å². The molecule has 1 aromatic heterocycles. The van der Waals surface area contributed by atoms with E-state index in [4.69, 9.17) is 28.9 Å². The molecule has 0 bridgehead atoms. The molecule has 1 saturated heterocycles. The summed E-state index contributed by atoms with van der Waals surface area (Å²) in [7, 11) is 0. The van der Waals surface area contributed by atoms with Gasteiger partial charge in [0.1, 0.15) is 10.8 Å². The predicted octanol–water partition coefficient (Wildman–Crippen LogP) is 2.59. The summed E-state index contributed by atoms with van der Waals surface area (Å²) in [6.07, 6.45) is -0.136. The molecule has 0 spiro atoms. The van der Waals surface area contributed by atoms with Crippen LogP contribution in [0, 0.1) is 0 Å². The molecule has 1 fully saturated rings. The fourth-order valence-electron chi connectivity index (χ4n) is 2.18. The highest BCUT2D eigenvalue weighted by Gasteiger charge is 2.42. The fourth-order valence-corrected chi connectivity index (χ4v) is 2.51. The highest BCUT2D eigenvalue weighted by molar-refractivity contribution is 6.34. The van der Waals surface area contributed by atoms with Crippen molar-refractivity contribution in [3.63, 3.8) is 0 Å². The number of rotatable bonds is 2. The number of amides is 1. The van der Waals surface area contributed by atoms with Gasteiger partial charge < -0.3 is 10.6 Å². The molecule has 1 aliphatic heterocycles. The number of carbonyl (C=O) groups excluding carboxylic acids is 1. The van der Waals surface area contributed by atoms with Crippen LogP contribution in [-0.4, -0.2) is 40.8 Å². The van der Waals surface area contributed by atoms with E-state index < -0.39 is 24.4 Å². The Morgan fingerprint density at radius 1 is 1.50 bits per heavy atom. The number of piperidine rings is 1. The summed E-state index contributed by atoms with van der Waals surface area (Å²) in [4.78, 5) is 17.2. The Labute approximate surface area is 124 Å². The third kappa shape index (κ3) is 3.19. The molecule has 20 heavy (non-hydrogen) atoms. The number of halogens is 4. The zero-order valence-electron chi connectivity index (χ0n) is 10.5. The number of alkyl halides is 2. The van der Waals surface area contributed by atoms with Crippen LogP contribution in [0.4, 0.5) is 8.78 Å². The van der Waals surface area contributed by atoms with Crippen LogP contribution in [0.25, 0.3) is 0 Å². The van der Waals surface area contributed by atoms with Crippen molar-refractivity contribution in [1.29, 1.82) is 0 Å². The normalized spacial score (nSPS) is 21.9. The van der Waals surface area contributed by atoms with Crippen molar-refractivity contribution in [2.24, 2.45) is 5.73 Å². The zero-order valence-corrected chi connectivity index (χ0v) is 12.0. The zero-order chi connectivity index (χ0) is 14.9. The molecule has 0 saturated carbocycles. The SMILES string of the molecule is NC[C@H]1CCC(F)(F)CN1C(=O)c1nc(Cl)ccc1Cl. The molecule has 4 nitrogen and oxygen atoms in total. The lowest BCUT2D eigenvalue weighted by Gasteiger charge is -2.38. The van der Waals surface area contributed by atoms with Crippen LogP contribution < -0.4 is 5.73 Å². The lowest BCUT2D eigenvalue weighted by atomic mass is 9.99. The summed E-state index contributed by atoms with van der Waals surface area (Å²) in [5, 5.41) is 0.148. The Kier molecular flexibility index (Phi) is 4.46. The minimum atomic E-state index is -2.92. The molecule has 1 atom stereocenters. The highest BCUT2D eigenvalue weighted by Crippen LogP contribution is 2.31. The molecule has 2 N–H and O–H groups in total. The van der Waals surface area contributed by atoms with Gasteiger partial charge >= 0.3 is 0 Å². The number of hydrogen-bond acceptors (Lipinski definition) is 3. The third-order valence-corrected chi connectivity index (χ3v) is 3.75. The maximum absolute atomic E-state index is 13.5. The summed E-state index contributed by atoms with van der Waals surface area (Å²) in [6, 6.07) is 2.38. The first-order chi connectivity index (χ1) is 9.34. The summed E-state index contributed by atoms with van der Waals surface area (Å²) >= 11 is 11.6. The summed E-state index contributed by atoms with van der Waals surface area (Å²) in [6.45, 7) is -0.571. The second-order valence-electron chi connectivity index (χ2n) is 4.68. The average molecular weight is 324 g/mol. The van der Waals surface area contributed by atoms with E-state index in [1.165, 1.54) is 12.1 Å². The molecule has 1 amide bonds. The number of aromatic nitrogens is 1. The first-order valence-electron chi connectivity index (χ1n) is 6.05. The van der Waals surface area contributed by atoms with Crippen LogP contribution in [0.3, 0.4) is 0 Å². The van der Waals surface area contributed by atoms with E-state index in [1.54, 1.807) is 0 Å². The van der Waals surface area contributed by atoms with Crippen molar-refractivity contribution in [1.82, 2.24) is 9.88 Å². The quantitative estimate of drug-likeness (QED) is 0.851.